The van der Waals surface area contributed by atoms with Gasteiger partial charge in [0.1, 0.15) is 17.9 Å². The van der Waals surface area contributed by atoms with E-state index in [-0.39, 0.29) is 17.7 Å². The maximum atomic E-state index is 14.6. The highest BCUT2D eigenvalue weighted by Crippen LogP contribution is 2.45. The SMILES string of the molecule is Cn1nc(C[C@@H]2OC(C)(C)O[C@H]2[C@H]2COC(C)(C)O2)c(F)c1C(F)(F)C(F)(F)F. The first kappa shape index (κ1) is 22.3. The van der Waals surface area contributed by atoms with E-state index in [0.717, 1.165) is 7.05 Å². The van der Waals surface area contributed by atoms with Gasteiger partial charge in [0, 0.05) is 13.5 Å². The van der Waals surface area contributed by atoms with Crippen molar-refractivity contribution in [1.82, 2.24) is 9.78 Å². The van der Waals surface area contributed by atoms with Crippen LogP contribution in [-0.4, -0.2) is 52.4 Å². The van der Waals surface area contributed by atoms with Gasteiger partial charge in [-0.3, -0.25) is 4.68 Å². The molecule has 0 aromatic carbocycles. The van der Waals surface area contributed by atoms with Crippen LogP contribution in [0.15, 0.2) is 0 Å². The summed E-state index contributed by atoms with van der Waals surface area (Å²) in [6.07, 6.45) is -8.61. The Morgan fingerprint density at radius 2 is 1.66 bits per heavy atom. The van der Waals surface area contributed by atoms with Gasteiger partial charge < -0.3 is 18.9 Å². The number of aromatic nitrogens is 2. The van der Waals surface area contributed by atoms with Crippen LogP contribution in [0.4, 0.5) is 26.3 Å². The summed E-state index contributed by atoms with van der Waals surface area (Å²) in [6.45, 7) is 6.72. The number of aryl methyl sites for hydroxylation is 1. The molecule has 2 fully saturated rings. The third-order valence-corrected chi connectivity index (χ3v) is 4.72. The minimum atomic E-state index is -5.96. The molecule has 2 aliphatic rings. The van der Waals surface area contributed by atoms with Gasteiger partial charge in [-0.1, -0.05) is 0 Å². The Bertz CT molecular complexity index is 777. The van der Waals surface area contributed by atoms with Crippen LogP contribution in [0, 0.1) is 5.82 Å². The number of alkyl halides is 5. The molecule has 0 amide bonds. The van der Waals surface area contributed by atoms with Gasteiger partial charge in [-0.25, -0.2) is 4.39 Å². The summed E-state index contributed by atoms with van der Waals surface area (Å²) in [5.74, 6) is -9.11. The molecule has 0 aliphatic carbocycles. The zero-order valence-electron chi connectivity index (χ0n) is 16.4. The topological polar surface area (TPSA) is 54.7 Å². The van der Waals surface area contributed by atoms with Gasteiger partial charge in [0.25, 0.3) is 0 Å². The molecule has 0 bridgehead atoms. The molecule has 1 aromatic heterocycles. The molecule has 1 aromatic rings. The van der Waals surface area contributed by atoms with Crippen molar-refractivity contribution in [3.63, 3.8) is 0 Å². The number of hydrogen-bond donors (Lipinski definition) is 0. The summed E-state index contributed by atoms with van der Waals surface area (Å²) in [7, 11) is 0.825. The van der Waals surface area contributed by atoms with E-state index in [0.29, 0.717) is 0 Å². The second-order valence-electron chi connectivity index (χ2n) is 8.01. The first-order valence-corrected chi connectivity index (χ1v) is 8.88. The van der Waals surface area contributed by atoms with Crippen molar-refractivity contribution in [2.75, 3.05) is 6.61 Å². The standard InChI is InChI=1S/C17H22F6N2O4/c1-14(2)26-7-10(28-14)12-9(27-15(3,4)29-12)6-8-11(18)13(25(5)24-8)16(19,20)17(21,22)23/h9-10,12H,6-7H2,1-5H3/t9-,10+,12+/m0/s1. The van der Waals surface area contributed by atoms with Crippen molar-refractivity contribution in [2.24, 2.45) is 7.05 Å². The van der Waals surface area contributed by atoms with Crippen LogP contribution in [0.3, 0.4) is 0 Å². The van der Waals surface area contributed by atoms with E-state index in [1.165, 1.54) is 0 Å². The van der Waals surface area contributed by atoms with Crippen LogP contribution in [-0.2, 0) is 38.3 Å². The molecule has 0 N–H and O–H groups in total. The summed E-state index contributed by atoms with van der Waals surface area (Å²) in [5.41, 5.74) is -2.43. The van der Waals surface area contributed by atoms with E-state index in [2.05, 4.69) is 5.10 Å². The van der Waals surface area contributed by atoms with Crippen molar-refractivity contribution in [3.05, 3.63) is 17.2 Å². The first-order chi connectivity index (χ1) is 13.0. The Kier molecular flexibility index (Phi) is 5.25. The van der Waals surface area contributed by atoms with E-state index in [4.69, 9.17) is 18.9 Å². The lowest BCUT2D eigenvalue weighted by atomic mass is 10.0. The lowest BCUT2D eigenvalue weighted by molar-refractivity contribution is -0.292. The van der Waals surface area contributed by atoms with Crippen molar-refractivity contribution in [1.29, 1.82) is 0 Å². The van der Waals surface area contributed by atoms with Gasteiger partial charge in [0.15, 0.2) is 23.1 Å². The molecule has 0 spiro atoms. The Hall–Kier alpha value is -1.37. The third-order valence-electron chi connectivity index (χ3n) is 4.72. The van der Waals surface area contributed by atoms with E-state index in [1.807, 2.05) is 0 Å². The van der Waals surface area contributed by atoms with E-state index < -0.39 is 59.2 Å². The highest BCUT2D eigenvalue weighted by atomic mass is 19.4. The molecule has 2 aliphatic heterocycles. The molecule has 12 heteroatoms. The predicted molar refractivity (Wildman–Crippen MR) is 85.5 cm³/mol. The number of rotatable bonds is 4. The van der Waals surface area contributed by atoms with E-state index in [9.17, 15) is 26.3 Å². The minimum Gasteiger partial charge on any atom is -0.348 e. The van der Waals surface area contributed by atoms with Crippen molar-refractivity contribution in [2.45, 2.75) is 76.1 Å². The second-order valence-corrected chi connectivity index (χ2v) is 8.01. The highest BCUT2D eigenvalue weighted by molar-refractivity contribution is 5.21. The van der Waals surface area contributed by atoms with Gasteiger partial charge in [-0.05, 0) is 27.7 Å². The van der Waals surface area contributed by atoms with Crippen LogP contribution in [0.5, 0.6) is 0 Å². The van der Waals surface area contributed by atoms with Crippen LogP contribution in [0.1, 0.15) is 39.1 Å². The summed E-state index contributed by atoms with van der Waals surface area (Å²) in [6, 6.07) is 0. The first-order valence-electron chi connectivity index (χ1n) is 8.88. The average molecular weight is 432 g/mol. The van der Waals surface area contributed by atoms with Crippen LogP contribution >= 0.6 is 0 Å². The molecule has 29 heavy (non-hydrogen) atoms. The van der Waals surface area contributed by atoms with Crippen LogP contribution < -0.4 is 0 Å². The molecule has 3 heterocycles. The fourth-order valence-electron chi connectivity index (χ4n) is 3.56. The highest BCUT2D eigenvalue weighted by Gasteiger charge is 2.62. The predicted octanol–water partition coefficient (Wildman–Crippen LogP) is 3.43. The maximum absolute atomic E-state index is 14.6. The summed E-state index contributed by atoms with van der Waals surface area (Å²) in [5, 5.41) is 3.54. The van der Waals surface area contributed by atoms with Crippen molar-refractivity contribution in [3.8, 4) is 0 Å². The quantitative estimate of drug-likeness (QED) is 0.683. The smallest absolute Gasteiger partial charge is 0.348 e. The van der Waals surface area contributed by atoms with Crippen LogP contribution in [0.2, 0.25) is 0 Å². The van der Waals surface area contributed by atoms with Gasteiger partial charge in [-0.2, -0.15) is 27.1 Å². The van der Waals surface area contributed by atoms with E-state index in [1.54, 1.807) is 27.7 Å². The molecule has 3 rings (SSSR count). The number of ether oxygens (including phenoxy) is 4. The second kappa shape index (κ2) is 6.82. The molecule has 6 nitrogen and oxygen atoms in total. The molecule has 3 atom stereocenters. The largest absolute Gasteiger partial charge is 0.459 e. The van der Waals surface area contributed by atoms with Gasteiger partial charge >= 0.3 is 12.1 Å². The van der Waals surface area contributed by atoms with Crippen LogP contribution in [0.25, 0.3) is 0 Å². The summed E-state index contributed by atoms with van der Waals surface area (Å²) >= 11 is 0. The molecule has 0 radical (unpaired) electrons. The summed E-state index contributed by atoms with van der Waals surface area (Å²) < 4.78 is 103. The molecule has 166 valence electrons. The minimum absolute atomic E-state index is 0.149. The molecule has 0 saturated carbocycles. The van der Waals surface area contributed by atoms with Gasteiger partial charge in [-0.15, -0.1) is 0 Å². The monoisotopic (exact) mass is 432 g/mol. The lowest BCUT2D eigenvalue weighted by Gasteiger charge is -2.23. The Labute approximate surface area is 163 Å². The molecular weight excluding hydrogens is 410 g/mol. The third kappa shape index (κ3) is 4.12. The zero-order valence-corrected chi connectivity index (χ0v) is 16.4. The number of nitrogens with zero attached hydrogens (tertiary/aromatic N) is 2. The molecule has 2 saturated heterocycles. The number of hydrogen-bond acceptors (Lipinski definition) is 5. The zero-order chi connectivity index (χ0) is 22.0. The fourth-order valence-corrected chi connectivity index (χ4v) is 3.56. The van der Waals surface area contributed by atoms with Crippen molar-refractivity contribution >= 4 is 0 Å². The lowest BCUT2D eigenvalue weighted by Crippen LogP contribution is -2.39. The fraction of sp³-hybridized carbons (Fsp3) is 0.824. The number of halogens is 6. The van der Waals surface area contributed by atoms with Gasteiger partial charge in [0.05, 0.1) is 12.7 Å². The Morgan fingerprint density at radius 3 is 2.17 bits per heavy atom. The Morgan fingerprint density at radius 1 is 1.03 bits per heavy atom. The molecular formula is C17H22F6N2O4. The summed E-state index contributed by atoms with van der Waals surface area (Å²) in [4.78, 5) is 0. The Balaban J connectivity index is 1.88. The maximum Gasteiger partial charge on any atom is 0.459 e. The van der Waals surface area contributed by atoms with Gasteiger partial charge in [0.2, 0.25) is 0 Å². The average Bonchev–Trinajstić information content (AvgIpc) is 3.12. The van der Waals surface area contributed by atoms with E-state index >= 15 is 0 Å². The normalized spacial score (nSPS) is 29.6. The molecule has 0 unspecified atom stereocenters. The van der Waals surface area contributed by atoms with Crippen molar-refractivity contribution < 1.29 is 45.3 Å².